The van der Waals surface area contributed by atoms with E-state index in [1.165, 1.54) is 38.5 Å². The molecule has 3 nitrogen and oxygen atoms in total. The molecule has 116 valence electrons. The predicted octanol–water partition coefficient (Wildman–Crippen LogP) is 3.67. The number of ether oxygens (including phenoxy) is 1. The fourth-order valence-corrected chi connectivity index (χ4v) is 2.37. The fraction of sp³-hybridized carbons (Fsp3) is 1.00. The Bertz CT molecular complexity index is 143. The molecular weight excluding hydrogens is 240 g/mol. The van der Waals surface area contributed by atoms with Gasteiger partial charge in [-0.25, -0.2) is 0 Å². The second kappa shape index (κ2) is 14.3. The van der Waals surface area contributed by atoms with E-state index in [4.69, 9.17) is 14.9 Å². The van der Waals surface area contributed by atoms with Gasteiger partial charge in [0.1, 0.15) is 0 Å². The third kappa shape index (κ3) is 14.1. The highest BCUT2D eigenvalue weighted by Crippen LogP contribution is 2.16. The lowest BCUT2D eigenvalue weighted by molar-refractivity contribution is 0.130. The van der Waals surface area contributed by atoms with E-state index in [9.17, 15) is 0 Å². The number of hydrogen-bond acceptors (Lipinski definition) is 3. The maximum absolute atomic E-state index is 8.91. The van der Waals surface area contributed by atoms with Crippen molar-refractivity contribution in [3.63, 3.8) is 0 Å². The first kappa shape index (κ1) is 18.9. The van der Waals surface area contributed by atoms with Gasteiger partial charge in [0.25, 0.3) is 0 Å². The van der Waals surface area contributed by atoms with Crippen LogP contribution in [0.25, 0.3) is 0 Å². The van der Waals surface area contributed by atoms with Crippen LogP contribution in [0.2, 0.25) is 0 Å². The van der Waals surface area contributed by atoms with Gasteiger partial charge in [-0.05, 0) is 39.5 Å². The van der Waals surface area contributed by atoms with Gasteiger partial charge in [-0.3, -0.25) is 0 Å². The maximum atomic E-state index is 8.91. The second-order valence-electron chi connectivity index (χ2n) is 5.37. The molecule has 2 aliphatic carbocycles. The Morgan fingerprint density at radius 1 is 0.684 bits per heavy atom. The molecule has 2 saturated carbocycles. The van der Waals surface area contributed by atoms with Crippen molar-refractivity contribution in [2.75, 3.05) is 13.2 Å². The SMILES string of the molecule is CCOCC.OC1CCCCC1.OC1CCCCC1. The fourth-order valence-electron chi connectivity index (χ4n) is 2.37. The summed E-state index contributed by atoms with van der Waals surface area (Å²) in [5.41, 5.74) is 0. The summed E-state index contributed by atoms with van der Waals surface area (Å²) in [5, 5.41) is 17.8. The van der Waals surface area contributed by atoms with Crippen LogP contribution < -0.4 is 0 Å². The normalized spacial score (nSPS) is 20.8. The van der Waals surface area contributed by atoms with E-state index in [1.807, 2.05) is 13.8 Å². The molecule has 0 spiro atoms. The lowest BCUT2D eigenvalue weighted by Gasteiger charge is -2.14. The van der Waals surface area contributed by atoms with Crippen molar-refractivity contribution in [2.45, 2.75) is 90.3 Å². The third-order valence-electron chi connectivity index (χ3n) is 3.56. The second-order valence-corrected chi connectivity index (χ2v) is 5.37. The first-order valence-electron chi connectivity index (χ1n) is 8.14. The molecule has 2 rings (SSSR count). The average Bonchev–Trinajstić information content (AvgIpc) is 2.43. The highest BCUT2D eigenvalue weighted by Gasteiger charge is 2.08. The molecule has 2 N–H and O–H groups in total. The van der Waals surface area contributed by atoms with E-state index < -0.39 is 0 Å². The molecule has 0 aromatic carbocycles. The van der Waals surface area contributed by atoms with Gasteiger partial charge in [0.05, 0.1) is 12.2 Å². The van der Waals surface area contributed by atoms with Gasteiger partial charge in [0.15, 0.2) is 0 Å². The number of rotatable bonds is 2. The minimum absolute atomic E-state index is 0.0359. The molecule has 0 aromatic rings. The summed E-state index contributed by atoms with van der Waals surface area (Å²) in [6.45, 7) is 5.67. The van der Waals surface area contributed by atoms with Crippen LogP contribution in [-0.2, 0) is 4.74 Å². The van der Waals surface area contributed by atoms with Crippen molar-refractivity contribution >= 4 is 0 Å². The molecule has 0 unspecified atom stereocenters. The van der Waals surface area contributed by atoms with Crippen LogP contribution >= 0.6 is 0 Å². The van der Waals surface area contributed by atoms with E-state index in [1.54, 1.807) is 0 Å². The molecule has 2 fully saturated rings. The van der Waals surface area contributed by atoms with Crippen molar-refractivity contribution in [1.29, 1.82) is 0 Å². The van der Waals surface area contributed by atoms with Crippen molar-refractivity contribution in [3.05, 3.63) is 0 Å². The molecule has 0 aliphatic heterocycles. The van der Waals surface area contributed by atoms with Crippen LogP contribution in [0.15, 0.2) is 0 Å². The van der Waals surface area contributed by atoms with Gasteiger partial charge in [-0.15, -0.1) is 0 Å². The van der Waals surface area contributed by atoms with Gasteiger partial charge < -0.3 is 14.9 Å². The van der Waals surface area contributed by atoms with Gasteiger partial charge in [-0.2, -0.15) is 0 Å². The minimum Gasteiger partial charge on any atom is -0.393 e. The van der Waals surface area contributed by atoms with Crippen molar-refractivity contribution in [1.82, 2.24) is 0 Å². The standard InChI is InChI=1S/2C6H12O.C4H10O/c2*7-6-4-2-1-3-5-6;1-3-5-4-2/h2*6-7H,1-5H2;3-4H2,1-2H3. The van der Waals surface area contributed by atoms with E-state index in [0.717, 1.165) is 38.9 Å². The van der Waals surface area contributed by atoms with Crippen LogP contribution in [0.1, 0.15) is 78.1 Å². The molecule has 0 radical (unpaired) electrons. The van der Waals surface area contributed by atoms with Crippen molar-refractivity contribution < 1.29 is 14.9 Å². The molecule has 0 saturated heterocycles. The zero-order valence-corrected chi connectivity index (χ0v) is 12.9. The van der Waals surface area contributed by atoms with Gasteiger partial charge >= 0.3 is 0 Å². The summed E-state index contributed by atoms with van der Waals surface area (Å²) in [7, 11) is 0. The first-order valence-corrected chi connectivity index (χ1v) is 8.14. The quantitative estimate of drug-likeness (QED) is 0.808. The zero-order valence-electron chi connectivity index (χ0n) is 12.9. The molecule has 0 heterocycles. The molecule has 0 amide bonds. The average molecular weight is 274 g/mol. The van der Waals surface area contributed by atoms with Gasteiger partial charge in [0, 0.05) is 13.2 Å². The summed E-state index contributed by atoms with van der Waals surface area (Å²) < 4.78 is 4.83. The first-order chi connectivity index (χ1) is 9.20. The molecular formula is C16H34O3. The molecule has 0 aromatic heterocycles. The molecule has 19 heavy (non-hydrogen) atoms. The Morgan fingerprint density at radius 2 is 1.00 bits per heavy atom. The lowest BCUT2D eigenvalue weighted by Crippen LogP contribution is -2.09. The summed E-state index contributed by atoms with van der Waals surface area (Å²) in [4.78, 5) is 0. The Kier molecular flexibility index (Phi) is 14.2. The molecule has 3 heteroatoms. The van der Waals surface area contributed by atoms with Crippen LogP contribution in [0.4, 0.5) is 0 Å². The van der Waals surface area contributed by atoms with Gasteiger partial charge in [0.2, 0.25) is 0 Å². The van der Waals surface area contributed by atoms with E-state index >= 15 is 0 Å². The monoisotopic (exact) mass is 274 g/mol. The van der Waals surface area contributed by atoms with Crippen molar-refractivity contribution in [3.8, 4) is 0 Å². The zero-order chi connectivity index (χ0) is 14.3. The Morgan fingerprint density at radius 3 is 1.11 bits per heavy atom. The lowest BCUT2D eigenvalue weighted by atomic mass is 9.98. The van der Waals surface area contributed by atoms with E-state index in [2.05, 4.69) is 0 Å². The Labute approximate surface area is 119 Å². The molecule has 0 atom stereocenters. The Balaban J connectivity index is 0.000000261. The summed E-state index contributed by atoms with van der Waals surface area (Å²) in [6.07, 6.45) is 11.8. The van der Waals surface area contributed by atoms with Crippen LogP contribution in [-0.4, -0.2) is 35.6 Å². The topological polar surface area (TPSA) is 49.7 Å². The maximum Gasteiger partial charge on any atom is 0.0540 e. The van der Waals surface area contributed by atoms with E-state index in [0.29, 0.717) is 0 Å². The third-order valence-corrected chi connectivity index (χ3v) is 3.56. The van der Waals surface area contributed by atoms with Crippen LogP contribution in [0.3, 0.4) is 0 Å². The highest BCUT2D eigenvalue weighted by molar-refractivity contribution is 4.62. The van der Waals surface area contributed by atoms with E-state index in [-0.39, 0.29) is 12.2 Å². The number of aliphatic hydroxyl groups excluding tert-OH is 2. The predicted molar refractivity (Wildman–Crippen MR) is 80.4 cm³/mol. The smallest absolute Gasteiger partial charge is 0.0540 e. The summed E-state index contributed by atoms with van der Waals surface area (Å²) >= 11 is 0. The summed E-state index contributed by atoms with van der Waals surface area (Å²) in [5.74, 6) is 0. The molecule has 0 bridgehead atoms. The summed E-state index contributed by atoms with van der Waals surface area (Å²) in [6, 6.07) is 0. The number of hydrogen-bond donors (Lipinski definition) is 2. The molecule has 2 aliphatic rings. The van der Waals surface area contributed by atoms with Crippen molar-refractivity contribution in [2.24, 2.45) is 0 Å². The highest BCUT2D eigenvalue weighted by atomic mass is 16.5. The Hall–Kier alpha value is -0.120. The largest absolute Gasteiger partial charge is 0.393 e. The van der Waals surface area contributed by atoms with Gasteiger partial charge in [-0.1, -0.05) is 38.5 Å². The number of aliphatic hydroxyl groups is 2. The van der Waals surface area contributed by atoms with Crippen LogP contribution in [0, 0.1) is 0 Å². The minimum atomic E-state index is 0.0359. The van der Waals surface area contributed by atoms with Crippen LogP contribution in [0.5, 0.6) is 0 Å².